The second-order valence-corrected chi connectivity index (χ2v) is 5.59. The maximum atomic E-state index is 13.6. The van der Waals surface area contributed by atoms with Gasteiger partial charge >= 0.3 is 0 Å². The molecule has 1 aromatic carbocycles. The van der Waals surface area contributed by atoms with Crippen molar-refractivity contribution in [1.29, 1.82) is 0 Å². The molecule has 2 amide bonds. The first-order chi connectivity index (χ1) is 13.3. The first kappa shape index (κ1) is 12.4. The maximum Gasteiger partial charge on any atom is 0.256 e. The lowest BCUT2D eigenvalue weighted by Gasteiger charge is -2.04. The van der Waals surface area contributed by atoms with E-state index in [2.05, 4.69) is 10.3 Å². The van der Waals surface area contributed by atoms with E-state index in [9.17, 15) is 14.0 Å². The van der Waals surface area contributed by atoms with Crippen LogP contribution in [0.25, 0.3) is 11.6 Å². The monoisotopic (exact) mass is 346 g/mol. The maximum absolute atomic E-state index is 13.6. The number of carbonyl (C=O) groups excluding carboxylic acids is 2. The van der Waals surface area contributed by atoms with Crippen LogP contribution in [0.4, 0.5) is 10.1 Å². The molecule has 2 aromatic rings. The zero-order valence-corrected chi connectivity index (χ0v) is 13.6. The summed E-state index contributed by atoms with van der Waals surface area (Å²) in [6, 6.07) is 3.92. The highest BCUT2D eigenvalue weighted by atomic mass is 19.1. The van der Waals surface area contributed by atoms with Crippen LogP contribution in [-0.4, -0.2) is 29.8 Å². The summed E-state index contributed by atoms with van der Waals surface area (Å²) >= 11 is 0. The summed E-state index contributed by atoms with van der Waals surface area (Å²) in [6.45, 7) is -2.42. The smallest absolute Gasteiger partial charge is 0.256 e. The largest absolute Gasteiger partial charge is 0.358 e. The summed E-state index contributed by atoms with van der Waals surface area (Å²) in [7, 11) is 0. The van der Waals surface area contributed by atoms with Crippen molar-refractivity contribution in [3.63, 3.8) is 0 Å². The number of amides is 2. The summed E-state index contributed by atoms with van der Waals surface area (Å²) in [5.74, 6) is -1.78. The number of nitrogens with two attached hydrogens (primary N) is 1. The van der Waals surface area contributed by atoms with Gasteiger partial charge in [-0.1, -0.05) is 0 Å². The fourth-order valence-electron chi connectivity index (χ4n) is 2.86. The van der Waals surface area contributed by atoms with Crippen LogP contribution in [0.15, 0.2) is 18.2 Å². The molecule has 0 spiro atoms. The molecule has 0 bridgehead atoms. The Balaban J connectivity index is 1.99. The number of halogens is 1. The van der Waals surface area contributed by atoms with Crippen molar-refractivity contribution in [3.8, 4) is 0 Å². The number of H-pyrrole nitrogens is 1. The van der Waals surface area contributed by atoms with Gasteiger partial charge in [0, 0.05) is 38.4 Å². The van der Waals surface area contributed by atoms with Crippen LogP contribution in [0, 0.1) is 19.7 Å². The molecule has 1 aromatic heterocycles. The molecular weight excluding hydrogens is 323 g/mol. The third kappa shape index (κ3) is 3.06. The van der Waals surface area contributed by atoms with Crippen molar-refractivity contribution in [1.82, 2.24) is 10.3 Å². The minimum absolute atomic E-state index is 0.0999. The van der Waals surface area contributed by atoms with Gasteiger partial charge in [0.25, 0.3) is 11.8 Å². The van der Waals surface area contributed by atoms with E-state index in [1.807, 2.05) is 5.32 Å². The number of aromatic amines is 1. The van der Waals surface area contributed by atoms with Gasteiger partial charge in [-0.15, -0.1) is 0 Å². The lowest BCUT2D eigenvalue weighted by Crippen LogP contribution is -2.29. The van der Waals surface area contributed by atoms with Gasteiger partial charge in [-0.2, -0.15) is 0 Å². The van der Waals surface area contributed by atoms with Gasteiger partial charge < -0.3 is 21.4 Å². The van der Waals surface area contributed by atoms with Gasteiger partial charge in [0.15, 0.2) is 0 Å². The molecule has 1 aliphatic rings. The SMILES string of the molecule is [2H]C([2H])(N)C([2H])([2H])NC(=O)c1c(C)[nH]c(/C=C2\C(=O)Nc3ccc(F)cc32)c1C. The standard InChI is InChI=1S/C18H19FN4O2/c1-9-15(22-10(2)16(9)18(25)21-6-5-20)8-13-12-7-11(19)3-4-14(12)23-17(13)24/h3-4,7-8,22H,5-6,20H2,1-2H3,(H,21,25)(H,23,24)/b13-8-/i5D2,6D2. The number of hydrogen-bond acceptors (Lipinski definition) is 3. The number of benzene rings is 1. The predicted octanol–water partition coefficient (Wildman–Crippen LogP) is 1.95. The number of rotatable bonds is 4. The Morgan fingerprint density at radius 3 is 2.92 bits per heavy atom. The molecule has 0 aliphatic carbocycles. The van der Waals surface area contributed by atoms with E-state index in [1.165, 1.54) is 24.3 Å². The van der Waals surface area contributed by atoms with E-state index in [4.69, 9.17) is 11.2 Å². The summed E-state index contributed by atoms with van der Waals surface area (Å²) in [5, 5.41) is 4.59. The summed E-state index contributed by atoms with van der Waals surface area (Å²) < 4.78 is 43.5. The zero-order chi connectivity index (χ0) is 21.7. The molecule has 1 aliphatic heterocycles. The van der Waals surface area contributed by atoms with Gasteiger partial charge in [0.1, 0.15) is 5.82 Å². The number of carbonyl (C=O) groups is 2. The van der Waals surface area contributed by atoms with E-state index in [0.29, 0.717) is 28.2 Å². The van der Waals surface area contributed by atoms with Crippen LogP contribution in [0.1, 0.15) is 38.4 Å². The molecule has 3 rings (SSSR count). The van der Waals surface area contributed by atoms with E-state index in [1.54, 1.807) is 13.8 Å². The van der Waals surface area contributed by atoms with Crippen LogP contribution in [0.5, 0.6) is 0 Å². The molecule has 0 radical (unpaired) electrons. The molecule has 7 heteroatoms. The highest BCUT2D eigenvalue weighted by Gasteiger charge is 2.26. The molecule has 6 nitrogen and oxygen atoms in total. The van der Waals surface area contributed by atoms with Crippen molar-refractivity contribution in [2.75, 3.05) is 18.3 Å². The van der Waals surface area contributed by atoms with Gasteiger partial charge in [-0.25, -0.2) is 4.39 Å². The topological polar surface area (TPSA) is 100 Å². The van der Waals surface area contributed by atoms with E-state index in [0.717, 1.165) is 0 Å². The van der Waals surface area contributed by atoms with Gasteiger partial charge in [0.2, 0.25) is 0 Å². The highest BCUT2D eigenvalue weighted by Crippen LogP contribution is 2.34. The molecular formula is C18H19FN4O2. The minimum Gasteiger partial charge on any atom is -0.358 e. The number of aromatic nitrogens is 1. The van der Waals surface area contributed by atoms with Crippen molar-refractivity contribution in [3.05, 3.63) is 52.1 Å². The van der Waals surface area contributed by atoms with Crippen molar-refractivity contribution >= 4 is 29.2 Å². The van der Waals surface area contributed by atoms with Crippen LogP contribution in [0.2, 0.25) is 0 Å². The van der Waals surface area contributed by atoms with Crippen LogP contribution in [-0.2, 0) is 4.79 Å². The molecule has 0 saturated heterocycles. The minimum atomic E-state index is -2.80. The summed E-state index contributed by atoms with van der Waals surface area (Å²) in [5.41, 5.74) is 7.54. The fraction of sp³-hybridized carbons (Fsp3) is 0.222. The van der Waals surface area contributed by atoms with Crippen molar-refractivity contribution < 1.29 is 19.5 Å². The molecule has 130 valence electrons. The lowest BCUT2D eigenvalue weighted by molar-refractivity contribution is -0.110. The van der Waals surface area contributed by atoms with Gasteiger partial charge in [-0.05, 0) is 43.7 Å². The second kappa shape index (κ2) is 6.52. The highest BCUT2D eigenvalue weighted by molar-refractivity contribution is 6.34. The van der Waals surface area contributed by atoms with E-state index < -0.39 is 30.6 Å². The second-order valence-electron chi connectivity index (χ2n) is 5.59. The van der Waals surface area contributed by atoms with Gasteiger partial charge in [-0.3, -0.25) is 9.59 Å². The van der Waals surface area contributed by atoms with Crippen LogP contribution < -0.4 is 16.4 Å². The molecule has 2 heterocycles. The molecule has 5 N–H and O–H groups in total. The Morgan fingerprint density at radius 2 is 2.20 bits per heavy atom. The first-order valence-corrected chi connectivity index (χ1v) is 7.45. The molecule has 0 unspecified atom stereocenters. The van der Waals surface area contributed by atoms with Crippen molar-refractivity contribution in [2.45, 2.75) is 13.8 Å². The normalized spacial score (nSPS) is 18.1. The lowest BCUT2D eigenvalue weighted by atomic mass is 10.0. The van der Waals surface area contributed by atoms with Crippen LogP contribution in [0.3, 0.4) is 0 Å². The van der Waals surface area contributed by atoms with E-state index >= 15 is 0 Å². The average Bonchev–Trinajstić information content (AvgIpc) is 3.03. The number of fused-ring (bicyclic) bond motifs is 1. The average molecular weight is 346 g/mol. The summed E-state index contributed by atoms with van der Waals surface area (Å²) in [6.07, 6.45) is 1.48. The third-order valence-corrected chi connectivity index (χ3v) is 4.00. The van der Waals surface area contributed by atoms with Gasteiger partial charge in [0.05, 0.1) is 13.9 Å². The summed E-state index contributed by atoms with van der Waals surface area (Å²) in [4.78, 5) is 27.8. The Labute approximate surface area is 149 Å². The Kier molecular flexibility index (Phi) is 3.24. The first-order valence-electron chi connectivity index (χ1n) is 9.45. The molecule has 0 saturated carbocycles. The van der Waals surface area contributed by atoms with Crippen LogP contribution >= 0.6 is 0 Å². The third-order valence-electron chi connectivity index (χ3n) is 4.00. The number of hydrogen-bond donors (Lipinski definition) is 4. The van der Waals surface area contributed by atoms with Crippen molar-refractivity contribution in [2.24, 2.45) is 5.73 Å². The molecule has 25 heavy (non-hydrogen) atoms. The number of aryl methyl sites for hydroxylation is 1. The Hall–Kier alpha value is -2.93. The Bertz CT molecular complexity index is 1060. The molecule has 0 fully saturated rings. The van der Waals surface area contributed by atoms with E-state index in [-0.39, 0.29) is 11.1 Å². The predicted molar refractivity (Wildman–Crippen MR) is 94.6 cm³/mol. The zero-order valence-electron chi connectivity index (χ0n) is 17.6. The molecule has 0 atom stereocenters. The number of nitrogens with one attached hydrogen (secondary N) is 3. The fourth-order valence-corrected chi connectivity index (χ4v) is 2.86. The Morgan fingerprint density at radius 1 is 1.44 bits per heavy atom. The number of anilines is 1. The quantitative estimate of drug-likeness (QED) is 0.637.